The summed E-state index contributed by atoms with van der Waals surface area (Å²) in [6.45, 7) is 1.87. The zero-order valence-corrected chi connectivity index (χ0v) is 10.7. The van der Waals surface area contributed by atoms with Crippen LogP contribution in [0.25, 0.3) is 0 Å². The van der Waals surface area contributed by atoms with E-state index in [1.807, 2.05) is 0 Å². The molecule has 0 spiro atoms. The molecule has 0 amide bonds. The Bertz CT molecular complexity index is 360. The number of esters is 2. The number of carbonyl (C=O) groups excluding carboxylic acids is 2. The Morgan fingerprint density at radius 1 is 1.47 bits per heavy atom. The quantitative estimate of drug-likeness (QED) is 0.419. The fourth-order valence-corrected chi connectivity index (χ4v) is 1.47. The molecule has 0 aliphatic rings. The smallest absolute Gasteiger partial charge is 0.351 e. The van der Waals surface area contributed by atoms with Gasteiger partial charge < -0.3 is 14.8 Å². The lowest BCUT2D eigenvalue weighted by Gasteiger charge is -2.09. The third-order valence-corrected chi connectivity index (χ3v) is 2.39. The summed E-state index contributed by atoms with van der Waals surface area (Å²) in [5, 5.41) is 11.8. The highest BCUT2D eigenvalue weighted by Crippen LogP contribution is 2.14. The van der Waals surface area contributed by atoms with Gasteiger partial charge in [0.1, 0.15) is 12.6 Å². The second kappa shape index (κ2) is 8.47. The molecule has 0 atom stereocenters. The lowest BCUT2D eigenvalue weighted by molar-refractivity contribution is -0.142. The maximum Gasteiger partial charge on any atom is 0.351 e. The molecule has 0 fully saturated rings. The topological polar surface area (TPSA) is 88.4 Å². The number of nitriles is 1. The Labute approximate surface area is 104 Å². The van der Waals surface area contributed by atoms with E-state index in [0.29, 0.717) is 0 Å². The normalized spacial score (nSPS) is 10.9. The molecule has 0 rings (SSSR count). The van der Waals surface area contributed by atoms with Gasteiger partial charge >= 0.3 is 11.9 Å². The maximum absolute atomic E-state index is 11.2. The van der Waals surface area contributed by atoms with E-state index in [1.54, 1.807) is 19.2 Å². The summed E-state index contributed by atoms with van der Waals surface area (Å²) in [6.07, 6.45) is 1.67. The van der Waals surface area contributed by atoms with Crippen LogP contribution >= 0.6 is 11.8 Å². The van der Waals surface area contributed by atoms with Crippen LogP contribution in [0.15, 0.2) is 10.6 Å². The first-order valence-corrected chi connectivity index (χ1v) is 5.99. The highest BCUT2D eigenvalue weighted by molar-refractivity contribution is 8.02. The van der Waals surface area contributed by atoms with Gasteiger partial charge in [-0.2, -0.15) is 5.26 Å². The second-order valence-electron chi connectivity index (χ2n) is 2.67. The summed E-state index contributed by atoms with van der Waals surface area (Å²) in [6, 6.07) is 1.73. The third-order valence-electron chi connectivity index (χ3n) is 1.63. The van der Waals surface area contributed by atoms with E-state index in [-0.39, 0.29) is 23.8 Å². The number of nitrogens with one attached hydrogen (secondary N) is 1. The SMILES string of the molecule is CCOC(=O)CN/C(SC)=C(\C#N)C(=O)OC. The predicted octanol–water partition coefficient (Wildman–Crippen LogP) is 0.410. The molecule has 6 nitrogen and oxygen atoms in total. The van der Waals surface area contributed by atoms with E-state index in [9.17, 15) is 9.59 Å². The fraction of sp³-hybridized carbons (Fsp3) is 0.500. The highest BCUT2D eigenvalue weighted by atomic mass is 32.2. The molecule has 94 valence electrons. The highest BCUT2D eigenvalue weighted by Gasteiger charge is 2.16. The first-order valence-electron chi connectivity index (χ1n) is 4.76. The number of hydrogen-bond donors (Lipinski definition) is 1. The summed E-state index contributed by atoms with van der Waals surface area (Å²) in [5.41, 5.74) is -0.163. The Kier molecular flexibility index (Phi) is 7.63. The van der Waals surface area contributed by atoms with Crippen molar-refractivity contribution >= 4 is 23.7 Å². The van der Waals surface area contributed by atoms with Gasteiger partial charge in [-0.3, -0.25) is 4.79 Å². The molecule has 0 aliphatic heterocycles. The Morgan fingerprint density at radius 3 is 2.53 bits per heavy atom. The van der Waals surface area contributed by atoms with Crippen molar-refractivity contribution in [3.05, 3.63) is 10.6 Å². The molecule has 0 aromatic carbocycles. The van der Waals surface area contributed by atoms with Crippen molar-refractivity contribution in [2.45, 2.75) is 6.92 Å². The molecule has 0 saturated heterocycles. The van der Waals surface area contributed by atoms with Crippen LogP contribution in [0.3, 0.4) is 0 Å². The van der Waals surface area contributed by atoms with E-state index in [0.717, 1.165) is 11.8 Å². The molecule has 7 heteroatoms. The van der Waals surface area contributed by atoms with Crippen molar-refractivity contribution in [1.82, 2.24) is 5.32 Å². The summed E-state index contributed by atoms with van der Waals surface area (Å²) in [7, 11) is 1.18. The summed E-state index contributed by atoms with van der Waals surface area (Å²) in [4.78, 5) is 22.3. The molecule has 0 heterocycles. The van der Waals surface area contributed by atoms with Crippen LogP contribution < -0.4 is 5.32 Å². The van der Waals surface area contributed by atoms with Gasteiger partial charge in [0.15, 0.2) is 5.57 Å². The van der Waals surface area contributed by atoms with Crippen molar-refractivity contribution in [3.63, 3.8) is 0 Å². The first-order chi connectivity index (χ1) is 8.10. The number of carbonyl (C=O) groups is 2. The number of methoxy groups -OCH3 is 1. The zero-order valence-electron chi connectivity index (χ0n) is 9.90. The molecule has 0 saturated carbocycles. The average Bonchev–Trinajstić information content (AvgIpc) is 2.33. The third kappa shape index (κ3) is 5.26. The van der Waals surface area contributed by atoms with Crippen LogP contribution in [-0.4, -0.2) is 38.5 Å². The molecular weight excluding hydrogens is 244 g/mol. The van der Waals surface area contributed by atoms with Crippen LogP contribution in [0.4, 0.5) is 0 Å². The summed E-state index contributed by atoms with van der Waals surface area (Å²) in [5.74, 6) is -1.20. The van der Waals surface area contributed by atoms with Gasteiger partial charge in [0.05, 0.1) is 18.7 Å². The minimum Gasteiger partial charge on any atom is -0.465 e. The Hall–Kier alpha value is -1.68. The second-order valence-corrected chi connectivity index (χ2v) is 3.49. The fourth-order valence-electron chi connectivity index (χ4n) is 0.918. The van der Waals surface area contributed by atoms with Crippen LogP contribution in [-0.2, 0) is 19.1 Å². The molecule has 0 aromatic heterocycles. The van der Waals surface area contributed by atoms with Crippen molar-refractivity contribution in [3.8, 4) is 6.07 Å². The number of nitrogens with zero attached hydrogens (tertiary/aromatic N) is 1. The van der Waals surface area contributed by atoms with Gasteiger partial charge in [-0.05, 0) is 13.2 Å². The van der Waals surface area contributed by atoms with E-state index in [4.69, 9.17) is 10.00 Å². The number of hydrogen-bond acceptors (Lipinski definition) is 7. The summed E-state index contributed by atoms with van der Waals surface area (Å²) < 4.78 is 9.16. The lowest BCUT2D eigenvalue weighted by Crippen LogP contribution is -2.25. The largest absolute Gasteiger partial charge is 0.465 e. The number of thioether (sulfide) groups is 1. The molecule has 0 aliphatic carbocycles. The van der Waals surface area contributed by atoms with Crippen LogP contribution in [0.5, 0.6) is 0 Å². The lowest BCUT2D eigenvalue weighted by atomic mass is 10.3. The molecule has 0 radical (unpaired) electrons. The minimum absolute atomic E-state index is 0.105. The van der Waals surface area contributed by atoms with Gasteiger partial charge in [0.25, 0.3) is 0 Å². The molecule has 17 heavy (non-hydrogen) atoms. The van der Waals surface area contributed by atoms with Crippen molar-refractivity contribution in [2.75, 3.05) is 26.5 Å². The minimum atomic E-state index is -0.742. The molecule has 0 unspecified atom stereocenters. The van der Waals surface area contributed by atoms with E-state index in [1.165, 1.54) is 7.11 Å². The monoisotopic (exact) mass is 258 g/mol. The maximum atomic E-state index is 11.2. The Balaban J connectivity index is 4.70. The van der Waals surface area contributed by atoms with Crippen LogP contribution in [0, 0.1) is 11.3 Å². The number of rotatable bonds is 6. The van der Waals surface area contributed by atoms with Gasteiger partial charge in [-0.1, -0.05) is 0 Å². The van der Waals surface area contributed by atoms with Crippen LogP contribution in [0.1, 0.15) is 6.92 Å². The van der Waals surface area contributed by atoms with Crippen molar-refractivity contribution < 1.29 is 19.1 Å². The Morgan fingerprint density at radius 2 is 2.12 bits per heavy atom. The first kappa shape index (κ1) is 15.3. The number of ether oxygens (including phenoxy) is 2. The summed E-state index contributed by atoms with van der Waals surface area (Å²) >= 11 is 1.14. The van der Waals surface area contributed by atoms with Crippen molar-refractivity contribution in [2.24, 2.45) is 0 Å². The molecule has 1 N–H and O–H groups in total. The standard InChI is InChI=1S/C10H14N2O4S/c1-4-16-8(13)6-12-9(17-3)7(5-11)10(14)15-2/h12H,4,6H2,1-3H3/b9-7-. The van der Waals surface area contributed by atoms with Gasteiger partial charge in [-0.25, -0.2) is 4.79 Å². The molecule has 0 bridgehead atoms. The van der Waals surface area contributed by atoms with Crippen molar-refractivity contribution in [1.29, 1.82) is 5.26 Å². The van der Waals surface area contributed by atoms with Gasteiger partial charge in [0, 0.05) is 0 Å². The predicted molar refractivity (Wildman–Crippen MR) is 62.8 cm³/mol. The molecule has 0 aromatic rings. The van der Waals surface area contributed by atoms with Crippen LogP contribution in [0.2, 0.25) is 0 Å². The van der Waals surface area contributed by atoms with E-state index >= 15 is 0 Å². The molecular formula is C10H14N2O4S. The van der Waals surface area contributed by atoms with Gasteiger partial charge in [0.2, 0.25) is 0 Å². The van der Waals surface area contributed by atoms with E-state index < -0.39 is 11.9 Å². The van der Waals surface area contributed by atoms with Gasteiger partial charge in [-0.15, -0.1) is 11.8 Å². The van der Waals surface area contributed by atoms with E-state index in [2.05, 4.69) is 10.1 Å². The zero-order chi connectivity index (χ0) is 13.3. The average molecular weight is 258 g/mol.